The Morgan fingerprint density at radius 2 is 1.79 bits per heavy atom. The van der Waals surface area contributed by atoms with E-state index >= 15 is 0 Å². The minimum absolute atomic E-state index is 0.254. The summed E-state index contributed by atoms with van der Waals surface area (Å²) in [7, 11) is 0. The van der Waals surface area contributed by atoms with Crippen molar-refractivity contribution in [3.8, 4) is 0 Å². The molecule has 0 amide bonds. The second kappa shape index (κ2) is 4.16. The maximum absolute atomic E-state index is 3.35. The van der Waals surface area contributed by atoms with Gasteiger partial charge in [0.1, 0.15) is 0 Å². The van der Waals surface area contributed by atoms with Gasteiger partial charge in [0.05, 0.1) is 0 Å². The van der Waals surface area contributed by atoms with Gasteiger partial charge in [-0.15, -0.1) is 0 Å². The highest BCUT2D eigenvalue weighted by Gasteiger charge is 2.18. The van der Waals surface area contributed by atoms with Crippen molar-refractivity contribution in [1.29, 1.82) is 0 Å². The van der Waals surface area contributed by atoms with Crippen LogP contribution in [0.4, 0.5) is 0 Å². The summed E-state index contributed by atoms with van der Waals surface area (Å²) in [5.41, 5.74) is 4.63. The minimum atomic E-state index is 0.254. The molecule has 0 aliphatic carbocycles. The molecular weight excluding hydrogens is 168 g/mol. The summed E-state index contributed by atoms with van der Waals surface area (Å²) in [6.07, 6.45) is 2.21. The van der Waals surface area contributed by atoms with E-state index in [0.29, 0.717) is 0 Å². The number of hydrogen-bond donors (Lipinski definition) is 0. The second-order valence-electron chi connectivity index (χ2n) is 4.81. The first kappa shape index (κ1) is 11.3. The molecule has 0 nitrogen and oxygen atoms in total. The van der Waals surface area contributed by atoms with Crippen LogP contribution in [-0.2, 0) is 18.3 Å². The Balaban J connectivity index is 3.29. The van der Waals surface area contributed by atoms with Crippen molar-refractivity contribution in [2.75, 3.05) is 0 Å². The quantitative estimate of drug-likeness (QED) is 0.661. The van der Waals surface area contributed by atoms with Crippen molar-refractivity contribution in [2.24, 2.45) is 0 Å². The molecule has 0 fully saturated rings. The van der Waals surface area contributed by atoms with Crippen LogP contribution in [0, 0.1) is 6.07 Å². The van der Waals surface area contributed by atoms with E-state index in [9.17, 15) is 0 Å². The Bertz CT molecular complexity index is 302. The van der Waals surface area contributed by atoms with E-state index in [0.717, 1.165) is 12.8 Å². The highest BCUT2D eigenvalue weighted by molar-refractivity contribution is 5.38. The summed E-state index contributed by atoms with van der Waals surface area (Å²) in [6.45, 7) is 11.3. The zero-order valence-electron chi connectivity index (χ0n) is 10.1. The summed E-state index contributed by atoms with van der Waals surface area (Å²) in [6, 6.07) is 7.64. The minimum Gasteiger partial charge on any atom is -0.0613 e. The maximum atomic E-state index is 3.35. The molecule has 1 aromatic rings. The summed E-state index contributed by atoms with van der Waals surface area (Å²) in [5, 5.41) is 0. The van der Waals surface area contributed by atoms with Crippen LogP contribution >= 0.6 is 0 Å². The molecule has 0 spiro atoms. The van der Waals surface area contributed by atoms with E-state index in [2.05, 4.69) is 52.8 Å². The van der Waals surface area contributed by atoms with E-state index in [1.54, 1.807) is 0 Å². The van der Waals surface area contributed by atoms with E-state index in [-0.39, 0.29) is 5.41 Å². The van der Waals surface area contributed by atoms with E-state index < -0.39 is 0 Å². The van der Waals surface area contributed by atoms with Crippen LogP contribution in [0.3, 0.4) is 0 Å². The molecule has 0 saturated carbocycles. The Morgan fingerprint density at radius 3 is 2.21 bits per heavy atom. The molecule has 0 aromatic heterocycles. The van der Waals surface area contributed by atoms with Gasteiger partial charge in [-0.05, 0) is 41.0 Å². The van der Waals surface area contributed by atoms with Crippen molar-refractivity contribution < 1.29 is 0 Å². The molecule has 0 saturated heterocycles. The predicted octanol–water partition coefficient (Wildman–Crippen LogP) is 3.91. The first-order chi connectivity index (χ1) is 6.50. The molecule has 0 bridgehead atoms. The maximum Gasteiger partial charge on any atom is -0.0129 e. The Labute approximate surface area is 88.4 Å². The Hall–Kier alpha value is -0.780. The number of benzene rings is 1. The van der Waals surface area contributed by atoms with Gasteiger partial charge >= 0.3 is 0 Å². The molecule has 0 unspecified atom stereocenters. The number of rotatable bonds is 2. The van der Waals surface area contributed by atoms with Gasteiger partial charge in [0.25, 0.3) is 0 Å². The fourth-order valence-corrected chi connectivity index (χ4v) is 2.00. The third-order valence-electron chi connectivity index (χ3n) is 2.71. The van der Waals surface area contributed by atoms with Crippen LogP contribution in [0.1, 0.15) is 51.3 Å². The van der Waals surface area contributed by atoms with Gasteiger partial charge in [0.2, 0.25) is 0 Å². The van der Waals surface area contributed by atoms with Crippen molar-refractivity contribution in [3.63, 3.8) is 0 Å². The van der Waals surface area contributed by atoms with Gasteiger partial charge in [-0.1, -0.05) is 46.8 Å². The van der Waals surface area contributed by atoms with Crippen LogP contribution in [0.2, 0.25) is 0 Å². The van der Waals surface area contributed by atoms with Crippen molar-refractivity contribution in [1.82, 2.24) is 0 Å². The summed E-state index contributed by atoms with van der Waals surface area (Å²) >= 11 is 0. The van der Waals surface area contributed by atoms with Crippen LogP contribution in [-0.4, -0.2) is 0 Å². The fourth-order valence-electron chi connectivity index (χ4n) is 2.00. The lowest BCUT2D eigenvalue weighted by atomic mass is 9.81. The summed E-state index contributed by atoms with van der Waals surface area (Å²) in [5.74, 6) is 0. The van der Waals surface area contributed by atoms with Gasteiger partial charge in [0.15, 0.2) is 0 Å². The lowest BCUT2D eigenvalue weighted by molar-refractivity contribution is 0.581. The Morgan fingerprint density at radius 1 is 1.14 bits per heavy atom. The van der Waals surface area contributed by atoms with Gasteiger partial charge < -0.3 is 0 Å². The molecular formula is C14H21. The monoisotopic (exact) mass is 189 g/mol. The van der Waals surface area contributed by atoms with Crippen molar-refractivity contribution in [3.05, 3.63) is 34.9 Å². The van der Waals surface area contributed by atoms with E-state index in [4.69, 9.17) is 0 Å². The molecule has 77 valence electrons. The largest absolute Gasteiger partial charge is 0.0613 e. The van der Waals surface area contributed by atoms with Crippen LogP contribution in [0.25, 0.3) is 0 Å². The summed E-state index contributed by atoms with van der Waals surface area (Å²) < 4.78 is 0. The SMILES string of the molecule is CCc1[c]ccc(C(C)(C)C)c1CC. The second-order valence-corrected chi connectivity index (χ2v) is 4.81. The van der Waals surface area contributed by atoms with Crippen LogP contribution in [0.15, 0.2) is 12.1 Å². The van der Waals surface area contributed by atoms with Crippen molar-refractivity contribution >= 4 is 0 Å². The molecule has 1 rings (SSSR count). The zero-order valence-corrected chi connectivity index (χ0v) is 10.1. The van der Waals surface area contributed by atoms with Gasteiger partial charge in [-0.25, -0.2) is 0 Å². The number of aryl methyl sites for hydroxylation is 1. The average molecular weight is 189 g/mol. The topological polar surface area (TPSA) is 0 Å². The van der Waals surface area contributed by atoms with E-state index in [1.165, 1.54) is 16.7 Å². The van der Waals surface area contributed by atoms with Gasteiger partial charge in [-0.3, -0.25) is 0 Å². The van der Waals surface area contributed by atoms with E-state index in [1.807, 2.05) is 0 Å². The lowest BCUT2D eigenvalue weighted by Crippen LogP contribution is -2.15. The zero-order chi connectivity index (χ0) is 10.8. The molecule has 14 heavy (non-hydrogen) atoms. The predicted molar refractivity (Wildman–Crippen MR) is 62.7 cm³/mol. The molecule has 0 heteroatoms. The molecule has 0 atom stereocenters. The van der Waals surface area contributed by atoms with Crippen LogP contribution < -0.4 is 0 Å². The van der Waals surface area contributed by atoms with Crippen LogP contribution in [0.5, 0.6) is 0 Å². The first-order valence-corrected chi connectivity index (χ1v) is 5.53. The molecule has 0 heterocycles. The summed E-state index contributed by atoms with van der Waals surface area (Å²) in [4.78, 5) is 0. The molecule has 0 N–H and O–H groups in total. The van der Waals surface area contributed by atoms with Crippen molar-refractivity contribution in [2.45, 2.75) is 52.9 Å². The molecule has 0 aliphatic rings. The molecule has 1 aromatic carbocycles. The van der Waals surface area contributed by atoms with Gasteiger partial charge in [0, 0.05) is 0 Å². The lowest BCUT2D eigenvalue weighted by Gasteiger charge is -2.24. The standard InChI is InChI=1S/C14H21/c1-6-11-9-8-10-13(12(11)7-2)14(3,4)5/h8,10H,6-7H2,1-5H3. The highest BCUT2D eigenvalue weighted by atomic mass is 14.2. The molecule has 0 aliphatic heterocycles. The average Bonchev–Trinajstić information content (AvgIpc) is 2.15. The first-order valence-electron chi connectivity index (χ1n) is 5.53. The molecule has 1 radical (unpaired) electrons. The third-order valence-corrected chi connectivity index (χ3v) is 2.71. The smallest absolute Gasteiger partial charge is 0.0129 e. The Kier molecular flexibility index (Phi) is 3.36. The highest BCUT2D eigenvalue weighted by Crippen LogP contribution is 2.28. The number of hydrogen-bond acceptors (Lipinski definition) is 0. The fraction of sp³-hybridized carbons (Fsp3) is 0.571. The third kappa shape index (κ3) is 2.17. The van der Waals surface area contributed by atoms with Gasteiger partial charge in [-0.2, -0.15) is 0 Å². The normalized spacial score (nSPS) is 11.8.